The zero-order valence-corrected chi connectivity index (χ0v) is 10.4. The second kappa shape index (κ2) is 4.33. The smallest absolute Gasteiger partial charge is 0.123 e. The average molecular weight is 240 g/mol. The van der Waals surface area contributed by atoms with Crippen molar-refractivity contribution in [2.45, 2.75) is 25.9 Å². The van der Waals surface area contributed by atoms with Crippen molar-refractivity contribution in [3.63, 3.8) is 0 Å². The van der Waals surface area contributed by atoms with Gasteiger partial charge in [-0.1, -0.05) is 12.1 Å². The number of aromatic nitrogens is 1. The number of pyridine rings is 1. The number of hydrogen-bond acceptors (Lipinski definition) is 3. The summed E-state index contributed by atoms with van der Waals surface area (Å²) in [6, 6.07) is 12.0. The van der Waals surface area contributed by atoms with E-state index in [4.69, 9.17) is 10.5 Å². The lowest BCUT2D eigenvalue weighted by Crippen LogP contribution is -1.96. The highest BCUT2D eigenvalue weighted by Crippen LogP contribution is 2.29. The maximum Gasteiger partial charge on any atom is 0.123 e. The van der Waals surface area contributed by atoms with Crippen molar-refractivity contribution in [3.8, 4) is 16.9 Å². The summed E-state index contributed by atoms with van der Waals surface area (Å²) in [5.41, 5.74) is 8.87. The molecule has 2 aromatic rings. The highest BCUT2D eigenvalue weighted by atomic mass is 16.5. The number of aryl methyl sites for hydroxylation is 1. The third kappa shape index (κ3) is 2.30. The van der Waals surface area contributed by atoms with Gasteiger partial charge in [0.15, 0.2) is 0 Å². The Labute approximate surface area is 107 Å². The van der Waals surface area contributed by atoms with Crippen molar-refractivity contribution >= 4 is 5.82 Å². The van der Waals surface area contributed by atoms with E-state index in [1.165, 1.54) is 12.8 Å². The minimum absolute atomic E-state index is 0.441. The first kappa shape index (κ1) is 11.1. The minimum atomic E-state index is 0.441. The molecule has 1 fully saturated rings. The van der Waals surface area contributed by atoms with Gasteiger partial charge in [-0.3, -0.25) is 0 Å². The molecule has 3 rings (SSSR count). The molecule has 1 heterocycles. The lowest BCUT2D eigenvalue weighted by Gasteiger charge is -2.08. The van der Waals surface area contributed by atoms with Gasteiger partial charge < -0.3 is 10.5 Å². The maximum absolute atomic E-state index is 5.73. The molecule has 92 valence electrons. The van der Waals surface area contributed by atoms with Gasteiger partial charge in [-0.05, 0) is 49.6 Å². The van der Waals surface area contributed by atoms with Crippen molar-refractivity contribution in [3.05, 3.63) is 42.1 Å². The van der Waals surface area contributed by atoms with Crippen LogP contribution in [0.1, 0.15) is 18.5 Å². The van der Waals surface area contributed by atoms with Crippen LogP contribution in [0.15, 0.2) is 36.4 Å². The first-order valence-corrected chi connectivity index (χ1v) is 6.22. The van der Waals surface area contributed by atoms with Gasteiger partial charge in [-0.2, -0.15) is 0 Å². The van der Waals surface area contributed by atoms with E-state index in [0.29, 0.717) is 11.9 Å². The van der Waals surface area contributed by atoms with Crippen LogP contribution in [-0.4, -0.2) is 11.1 Å². The summed E-state index contributed by atoms with van der Waals surface area (Å²) < 4.78 is 5.73. The Morgan fingerprint density at radius 1 is 1.11 bits per heavy atom. The van der Waals surface area contributed by atoms with Gasteiger partial charge in [0.25, 0.3) is 0 Å². The summed E-state index contributed by atoms with van der Waals surface area (Å²) in [6.07, 6.45) is 2.81. The Morgan fingerprint density at radius 2 is 1.83 bits per heavy atom. The molecular formula is C15H16N2O. The Kier molecular flexibility index (Phi) is 2.67. The van der Waals surface area contributed by atoms with Gasteiger partial charge in [0.05, 0.1) is 6.10 Å². The molecule has 0 spiro atoms. The summed E-state index contributed by atoms with van der Waals surface area (Å²) in [7, 11) is 0. The van der Waals surface area contributed by atoms with E-state index in [9.17, 15) is 0 Å². The van der Waals surface area contributed by atoms with Crippen molar-refractivity contribution in [1.29, 1.82) is 0 Å². The molecule has 1 aromatic heterocycles. The molecule has 2 N–H and O–H groups in total. The summed E-state index contributed by atoms with van der Waals surface area (Å²) in [6.45, 7) is 1.97. The molecule has 0 amide bonds. The molecule has 0 unspecified atom stereocenters. The topological polar surface area (TPSA) is 48.1 Å². The monoisotopic (exact) mass is 240 g/mol. The van der Waals surface area contributed by atoms with E-state index in [2.05, 4.69) is 17.1 Å². The number of nitrogens with zero attached hydrogens (tertiary/aromatic N) is 1. The largest absolute Gasteiger partial charge is 0.490 e. The number of ether oxygens (including phenoxy) is 1. The third-order valence-corrected chi connectivity index (χ3v) is 3.10. The quantitative estimate of drug-likeness (QED) is 0.896. The Morgan fingerprint density at radius 3 is 2.44 bits per heavy atom. The van der Waals surface area contributed by atoms with Crippen LogP contribution < -0.4 is 10.5 Å². The molecule has 0 bridgehead atoms. The second-order valence-corrected chi connectivity index (χ2v) is 4.71. The van der Waals surface area contributed by atoms with Gasteiger partial charge in [-0.25, -0.2) is 4.98 Å². The van der Waals surface area contributed by atoms with Gasteiger partial charge >= 0.3 is 0 Å². The maximum atomic E-state index is 5.73. The highest BCUT2D eigenvalue weighted by Gasteiger charge is 2.23. The summed E-state index contributed by atoms with van der Waals surface area (Å²) in [5, 5.41) is 0. The van der Waals surface area contributed by atoms with E-state index >= 15 is 0 Å². The predicted octanol–water partition coefficient (Wildman–Crippen LogP) is 3.18. The van der Waals surface area contributed by atoms with Crippen LogP contribution in [0.4, 0.5) is 5.82 Å². The van der Waals surface area contributed by atoms with Crippen LogP contribution in [0.5, 0.6) is 5.75 Å². The van der Waals surface area contributed by atoms with Gasteiger partial charge in [0.1, 0.15) is 11.6 Å². The Bertz CT molecular complexity index is 559. The zero-order chi connectivity index (χ0) is 12.5. The van der Waals surface area contributed by atoms with Gasteiger partial charge in [-0.15, -0.1) is 0 Å². The van der Waals surface area contributed by atoms with Crippen molar-refractivity contribution < 1.29 is 4.74 Å². The van der Waals surface area contributed by atoms with Crippen LogP contribution in [0.25, 0.3) is 11.1 Å². The first-order chi connectivity index (χ1) is 8.72. The predicted molar refractivity (Wildman–Crippen MR) is 72.5 cm³/mol. The van der Waals surface area contributed by atoms with Crippen LogP contribution in [-0.2, 0) is 0 Å². The molecule has 18 heavy (non-hydrogen) atoms. The molecule has 3 heteroatoms. The van der Waals surface area contributed by atoms with E-state index in [0.717, 1.165) is 22.6 Å². The van der Waals surface area contributed by atoms with Gasteiger partial charge in [0, 0.05) is 11.3 Å². The highest BCUT2D eigenvalue weighted by molar-refractivity contribution is 5.67. The second-order valence-electron chi connectivity index (χ2n) is 4.71. The normalized spacial score (nSPS) is 14.5. The fraction of sp³-hybridized carbons (Fsp3) is 0.267. The van der Waals surface area contributed by atoms with Crippen LogP contribution in [0.3, 0.4) is 0 Å². The van der Waals surface area contributed by atoms with Gasteiger partial charge in [0.2, 0.25) is 0 Å². The summed E-state index contributed by atoms with van der Waals surface area (Å²) >= 11 is 0. The number of nitrogen functional groups attached to an aromatic ring is 1. The molecule has 1 aliphatic carbocycles. The minimum Gasteiger partial charge on any atom is -0.490 e. The van der Waals surface area contributed by atoms with Crippen LogP contribution in [0, 0.1) is 6.92 Å². The third-order valence-electron chi connectivity index (χ3n) is 3.10. The number of benzene rings is 1. The number of rotatable bonds is 3. The number of nitrogens with two attached hydrogens (primary N) is 1. The summed E-state index contributed by atoms with van der Waals surface area (Å²) in [4.78, 5) is 4.28. The van der Waals surface area contributed by atoms with E-state index < -0.39 is 0 Å². The lowest BCUT2D eigenvalue weighted by atomic mass is 10.0. The molecule has 1 aliphatic rings. The summed E-state index contributed by atoms with van der Waals surface area (Å²) in [5.74, 6) is 1.51. The SMILES string of the molecule is Cc1nc(N)ccc1-c1ccc(OC2CC2)cc1. The molecule has 1 aromatic carbocycles. The number of anilines is 1. The standard InChI is InChI=1S/C15H16N2O/c1-10-14(8-9-15(16)17-10)11-2-4-12(5-3-11)18-13-6-7-13/h2-5,8-9,13H,6-7H2,1H3,(H2,16,17). The Hall–Kier alpha value is -2.03. The number of hydrogen-bond donors (Lipinski definition) is 1. The average Bonchev–Trinajstić information content (AvgIpc) is 3.15. The van der Waals surface area contributed by atoms with Crippen molar-refractivity contribution in [1.82, 2.24) is 4.98 Å². The molecular weight excluding hydrogens is 224 g/mol. The van der Waals surface area contributed by atoms with Crippen LogP contribution >= 0.6 is 0 Å². The fourth-order valence-corrected chi connectivity index (χ4v) is 1.98. The molecule has 3 nitrogen and oxygen atoms in total. The van der Waals surface area contributed by atoms with E-state index in [1.807, 2.05) is 31.2 Å². The Balaban J connectivity index is 1.86. The van der Waals surface area contributed by atoms with Crippen molar-refractivity contribution in [2.24, 2.45) is 0 Å². The zero-order valence-electron chi connectivity index (χ0n) is 10.4. The lowest BCUT2D eigenvalue weighted by molar-refractivity contribution is 0.303. The van der Waals surface area contributed by atoms with E-state index in [-0.39, 0.29) is 0 Å². The fourth-order valence-electron chi connectivity index (χ4n) is 1.98. The van der Waals surface area contributed by atoms with E-state index in [1.54, 1.807) is 0 Å². The first-order valence-electron chi connectivity index (χ1n) is 6.22. The van der Waals surface area contributed by atoms with Crippen molar-refractivity contribution in [2.75, 3.05) is 5.73 Å². The van der Waals surface area contributed by atoms with Crippen LogP contribution in [0.2, 0.25) is 0 Å². The molecule has 0 saturated heterocycles. The molecule has 0 aliphatic heterocycles. The molecule has 1 saturated carbocycles. The molecule has 0 atom stereocenters. The molecule has 0 radical (unpaired) electrons.